The van der Waals surface area contributed by atoms with Crippen molar-refractivity contribution in [1.29, 1.82) is 0 Å². The monoisotopic (exact) mass is 513 g/mol. The lowest BCUT2D eigenvalue weighted by Crippen LogP contribution is -2.27. The largest absolute Gasteiger partial charge is 0.435 e. The van der Waals surface area contributed by atoms with Gasteiger partial charge in [-0.25, -0.2) is 13.8 Å². The Kier molecular flexibility index (Phi) is 5.57. The van der Waals surface area contributed by atoms with Crippen molar-refractivity contribution >= 4 is 39.1 Å². The number of aromatic nitrogens is 3. The number of thiophene rings is 1. The number of anilines is 1. The van der Waals surface area contributed by atoms with Crippen molar-refractivity contribution in [2.75, 3.05) is 5.32 Å². The molecule has 2 saturated carbocycles. The minimum absolute atomic E-state index is 0.0247. The number of nitrogens with two attached hydrogens (primary N) is 1. The number of pyridine rings is 1. The molecule has 5 rings (SSSR count). The van der Waals surface area contributed by atoms with E-state index in [1.165, 1.54) is 13.0 Å². The SMILES string of the molecule is CC(C(=O)Nc1c(C(N)=O)sc2nc(C(F)F)cc(C3CC3)c12)n1nc(C(F)(F)F)cc1C1CC1. The molecular weight excluding hydrogens is 493 g/mol. The van der Waals surface area contributed by atoms with Crippen LogP contribution < -0.4 is 11.1 Å². The van der Waals surface area contributed by atoms with E-state index in [9.17, 15) is 31.5 Å². The van der Waals surface area contributed by atoms with E-state index in [0.29, 0.717) is 29.5 Å². The first-order valence-electron chi connectivity index (χ1n) is 11.0. The van der Waals surface area contributed by atoms with E-state index in [4.69, 9.17) is 5.73 Å². The zero-order valence-corrected chi connectivity index (χ0v) is 19.1. The lowest BCUT2D eigenvalue weighted by molar-refractivity contribution is -0.141. The number of fused-ring (bicyclic) bond motifs is 1. The van der Waals surface area contributed by atoms with Crippen LogP contribution in [0, 0.1) is 0 Å². The second-order valence-electron chi connectivity index (χ2n) is 8.90. The lowest BCUT2D eigenvalue weighted by atomic mass is 10.0. The maximum Gasteiger partial charge on any atom is 0.435 e. The Morgan fingerprint density at radius 2 is 1.83 bits per heavy atom. The Balaban J connectivity index is 1.55. The molecule has 0 bridgehead atoms. The van der Waals surface area contributed by atoms with Gasteiger partial charge >= 0.3 is 6.18 Å². The van der Waals surface area contributed by atoms with Crippen molar-refractivity contribution in [3.63, 3.8) is 0 Å². The van der Waals surface area contributed by atoms with E-state index < -0.39 is 41.8 Å². The molecule has 0 radical (unpaired) electrons. The molecule has 2 fully saturated rings. The summed E-state index contributed by atoms with van der Waals surface area (Å²) in [6.07, 6.45) is -4.58. The van der Waals surface area contributed by atoms with Crippen LogP contribution >= 0.6 is 11.3 Å². The minimum Gasteiger partial charge on any atom is -0.365 e. The van der Waals surface area contributed by atoms with Gasteiger partial charge < -0.3 is 11.1 Å². The van der Waals surface area contributed by atoms with Gasteiger partial charge in [0.1, 0.15) is 21.4 Å². The summed E-state index contributed by atoms with van der Waals surface area (Å²) < 4.78 is 67.7. The van der Waals surface area contributed by atoms with Crippen LogP contribution in [0.3, 0.4) is 0 Å². The average molecular weight is 513 g/mol. The predicted octanol–water partition coefficient (Wildman–Crippen LogP) is 5.50. The van der Waals surface area contributed by atoms with Crippen LogP contribution in [-0.4, -0.2) is 26.6 Å². The van der Waals surface area contributed by atoms with Gasteiger partial charge in [-0.15, -0.1) is 11.3 Å². The number of primary amides is 1. The molecule has 0 aliphatic heterocycles. The van der Waals surface area contributed by atoms with Gasteiger partial charge in [0.25, 0.3) is 12.3 Å². The van der Waals surface area contributed by atoms with Gasteiger partial charge in [0.05, 0.1) is 5.69 Å². The standard InChI is InChI=1S/C22H20F5N5O2S/c1-8(32-13(10-4-5-10)7-14(31-32)22(25,26)27)20(34)30-16-15-11(9-2-3-9)6-12(18(23)24)29-21(15)35-17(16)19(28)33/h6-10,18H,2-5H2,1H3,(H2,28,33)(H,30,34). The number of alkyl halides is 5. The van der Waals surface area contributed by atoms with E-state index >= 15 is 0 Å². The lowest BCUT2D eigenvalue weighted by Gasteiger charge is -2.17. The Morgan fingerprint density at radius 1 is 1.17 bits per heavy atom. The minimum atomic E-state index is -4.67. The summed E-state index contributed by atoms with van der Waals surface area (Å²) in [6.45, 7) is 1.40. The second-order valence-corrected chi connectivity index (χ2v) is 9.90. The Bertz CT molecular complexity index is 1340. The molecule has 186 valence electrons. The first-order chi connectivity index (χ1) is 16.5. The number of rotatable bonds is 7. The van der Waals surface area contributed by atoms with E-state index in [0.717, 1.165) is 34.9 Å². The van der Waals surface area contributed by atoms with Crippen LogP contribution in [0.1, 0.15) is 89.2 Å². The zero-order valence-electron chi connectivity index (χ0n) is 18.3. The number of nitrogens with zero attached hydrogens (tertiary/aromatic N) is 3. The maximum absolute atomic E-state index is 13.4. The molecular formula is C22H20F5N5O2S. The van der Waals surface area contributed by atoms with Crippen molar-refractivity contribution in [3.05, 3.63) is 39.7 Å². The van der Waals surface area contributed by atoms with Gasteiger partial charge in [0.2, 0.25) is 5.91 Å². The Hall–Kier alpha value is -3.09. The fourth-order valence-corrected chi connectivity index (χ4v) is 5.17. The van der Waals surface area contributed by atoms with Crippen molar-refractivity contribution in [2.45, 2.75) is 63.1 Å². The number of halogens is 5. The van der Waals surface area contributed by atoms with Gasteiger partial charge in [0.15, 0.2) is 5.69 Å². The fraction of sp³-hybridized carbons (Fsp3) is 0.455. The molecule has 35 heavy (non-hydrogen) atoms. The van der Waals surface area contributed by atoms with E-state index in [1.54, 1.807) is 0 Å². The Labute approximate surface area is 199 Å². The van der Waals surface area contributed by atoms with Crippen molar-refractivity contribution in [2.24, 2.45) is 5.73 Å². The van der Waals surface area contributed by atoms with Gasteiger partial charge in [-0.2, -0.15) is 18.3 Å². The number of hydrogen-bond donors (Lipinski definition) is 2. The molecule has 1 unspecified atom stereocenters. The van der Waals surface area contributed by atoms with Crippen LogP contribution in [0.15, 0.2) is 12.1 Å². The highest BCUT2D eigenvalue weighted by Gasteiger charge is 2.39. The summed E-state index contributed by atoms with van der Waals surface area (Å²) in [7, 11) is 0. The van der Waals surface area contributed by atoms with E-state index in [2.05, 4.69) is 15.4 Å². The molecule has 2 aliphatic rings. The number of amides is 2. The smallest absolute Gasteiger partial charge is 0.365 e. The summed E-state index contributed by atoms with van der Waals surface area (Å²) in [5.74, 6) is -1.74. The molecule has 3 aromatic rings. The van der Waals surface area contributed by atoms with Crippen molar-refractivity contribution in [1.82, 2.24) is 14.8 Å². The molecule has 13 heteroatoms. The topological polar surface area (TPSA) is 103 Å². The highest BCUT2D eigenvalue weighted by atomic mass is 32.1. The second kappa shape index (κ2) is 8.25. The van der Waals surface area contributed by atoms with E-state index in [-0.39, 0.29) is 27.2 Å². The third-order valence-corrected chi connectivity index (χ3v) is 7.32. The van der Waals surface area contributed by atoms with Crippen molar-refractivity contribution < 1.29 is 31.5 Å². The third kappa shape index (κ3) is 4.37. The van der Waals surface area contributed by atoms with Crippen LogP contribution in [0.4, 0.5) is 27.6 Å². The fourth-order valence-electron chi connectivity index (χ4n) is 4.15. The molecule has 2 aliphatic carbocycles. The summed E-state index contributed by atoms with van der Waals surface area (Å²) in [5.41, 5.74) is 4.87. The molecule has 3 aromatic heterocycles. The van der Waals surface area contributed by atoms with Crippen molar-refractivity contribution in [3.8, 4) is 0 Å². The summed E-state index contributed by atoms with van der Waals surface area (Å²) in [4.78, 5) is 29.4. The number of hydrogen-bond acceptors (Lipinski definition) is 5. The average Bonchev–Trinajstić information content (AvgIpc) is 3.71. The highest BCUT2D eigenvalue weighted by Crippen LogP contribution is 2.49. The van der Waals surface area contributed by atoms with Gasteiger partial charge in [-0.3, -0.25) is 14.3 Å². The van der Waals surface area contributed by atoms with Gasteiger partial charge in [-0.1, -0.05) is 0 Å². The number of carbonyl (C=O) groups excluding carboxylic acids is 2. The first kappa shape index (κ1) is 23.6. The predicted molar refractivity (Wildman–Crippen MR) is 118 cm³/mol. The van der Waals surface area contributed by atoms with Crippen LogP contribution in [0.2, 0.25) is 0 Å². The molecule has 0 spiro atoms. The van der Waals surface area contributed by atoms with Crippen LogP contribution in [0.5, 0.6) is 0 Å². The Morgan fingerprint density at radius 3 is 2.37 bits per heavy atom. The molecule has 0 saturated heterocycles. The third-order valence-electron chi connectivity index (χ3n) is 6.22. The molecule has 3 N–H and O–H groups in total. The maximum atomic E-state index is 13.4. The van der Waals surface area contributed by atoms with Gasteiger partial charge in [0, 0.05) is 17.0 Å². The first-order valence-corrected chi connectivity index (χ1v) is 11.8. The van der Waals surface area contributed by atoms with E-state index in [1.807, 2.05) is 0 Å². The molecule has 2 amide bonds. The van der Waals surface area contributed by atoms with Crippen LogP contribution in [-0.2, 0) is 11.0 Å². The highest BCUT2D eigenvalue weighted by molar-refractivity contribution is 7.21. The molecule has 7 nitrogen and oxygen atoms in total. The van der Waals surface area contributed by atoms with Crippen LogP contribution in [0.25, 0.3) is 10.2 Å². The summed E-state index contributed by atoms with van der Waals surface area (Å²) in [5, 5.41) is 6.62. The summed E-state index contributed by atoms with van der Waals surface area (Å²) >= 11 is 0.793. The molecule has 1 atom stereocenters. The zero-order chi connectivity index (χ0) is 25.2. The normalized spacial score (nSPS) is 17.2. The number of carbonyl (C=O) groups is 2. The quantitative estimate of drug-likeness (QED) is 0.407. The summed E-state index contributed by atoms with van der Waals surface area (Å²) in [6, 6.07) is 1.09. The molecule has 0 aromatic carbocycles. The van der Waals surface area contributed by atoms with Gasteiger partial charge in [-0.05, 0) is 56.2 Å². The molecule has 3 heterocycles. The number of nitrogens with one attached hydrogen (secondary N) is 1.